The van der Waals surface area contributed by atoms with Crippen molar-refractivity contribution in [3.8, 4) is 0 Å². The molecule has 12 heavy (non-hydrogen) atoms. The molecule has 64 valence electrons. The van der Waals surface area contributed by atoms with Crippen molar-refractivity contribution >= 4 is 11.8 Å². The quantitative estimate of drug-likeness (QED) is 0.654. The summed E-state index contributed by atoms with van der Waals surface area (Å²) >= 11 is 0. The fourth-order valence-corrected chi connectivity index (χ4v) is 0.877. The Balaban J connectivity index is 3.00. The van der Waals surface area contributed by atoms with Crippen molar-refractivity contribution in [1.29, 1.82) is 0 Å². The molecule has 1 aromatic carbocycles. The van der Waals surface area contributed by atoms with E-state index in [1.165, 1.54) is 18.2 Å². The van der Waals surface area contributed by atoms with Gasteiger partial charge in [0.1, 0.15) is 0 Å². The van der Waals surface area contributed by atoms with Crippen molar-refractivity contribution in [3.05, 3.63) is 35.7 Å². The first-order valence-electron chi connectivity index (χ1n) is 3.57. The van der Waals surface area contributed by atoms with E-state index in [1.807, 2.05) is 0 Å². The fraction of sp³-hybridized carbons (Fsp3) is 0.111. The largest absolute Gasteiger partial charge is 0.396 e. The summed E-state index contributed by atoms with van der Waals surface area (Å²) in [6, 6.07) is 4.75. The summed E-state index contributed by atoms with van der Waals surface area (Å²) in [7, 11) is 0. The van der Waals surface area contributed by atoms with Crippen molar-refractivity contribution in [1.82, 2.24) is 0 Å². The minimum atomic E-state index is -0.442. The Hall–Kier alpha value is -1.35. The Kier molecular flexibility index (Phi) is 2.82. The normalized spacial score (nSPS) is 10.8. The minimum Gasteiger partial charge on any atom is -0.396 e. The molecule has 0 spiro atoms. The maximum absolute atomic E-state index is 13.1. The van der Waals surface area contributed by atoms with E-state index < -0.39 is 5.82 Å². The Bertz CT molecular complexity index is 297. The van der Waals surface area contributed by atoms with Crippen LogP contribution in [-0.4, -0.2) is 11.7 Å². The summed E-state index contributed by atoms with van der Waals surface area (Å²) in [5.74, 6) is -0.442. The van der Waals surface area contributed by atoms with Crippen LogP contribution >= 0.6 is 0 Å². The highest BCUT2D eigenvalue weighted by molar-refractivity contribution is 5.56. The van der Waals surface area contributed by atoms with Gasteiger partial charge in [-0.1, -0.05) is 24.3 Å². The maximum Gasteiger partial charge on any atom is 0.153 e. The van der Waals surface area contributed by atoms with E-state index in [1.54, 1.807) is 12.1 Å². The molecule has 2 nitrogen and oxygen atoms in total. The van der Waals surface area contributed by atoms with E-state index in [0.29, 0.717) is 5.56 Å². The van der Waals surface area contributed by atoms with E-state index in [-0.39, 0.29) is 12.3 Å². The molecule has 0 fully saturated rings. The monoisotopic (exact) mass is 167 g/mol. The lowest BCUT2D eigenvalue weighted by atomic mass is 10.2. The Morgan fingerprint density at radius 3 is 2.92 bits per heavy atom. The van der Waals surface area contributed by atoms with Crippen LogP contribution in [0.4, 0.5) is 10.1 Å². The highest BCUT2D eigenvalue weighted by Crippen LogP contribution is 2.15. The van der Waals surface area contributed by atoms with Gasteiger partial charge in [0.15, 0.2) is 5.82 Å². The van der Waals surface area contributed by atoms with Gasteiger partial charge in [-0.3, -0.25) is 0 Å². The first-order chi connectivity index (χ1) is 5.75. The summed E-state index contributed by atoms with van der Waals surface area (Å²) < 4.78 is 13.1. The summed E-state index contributed by atoms with van der Waals surface area (Å²) in [5, 5.41) is 8.45. The number of halogens is 1. The molecule has 0 atom stereocenters. The SMILES string of the molecule is Nc1cccc(C=CCO)c1F. The molecular formula is C9H10FNO. The molecule has 3 heteroatoms. The van der Waals surface area contributed by atoms with Gasteiger partial charge in [-0.25, -0.2) is 4.39 Å². The summed E-state index contributed by atoms with van der Waals surface area (Å²) in [5.41, 5.74) is 5.83. The topological polar surface area (TPSA) is 46.2 Å². The van der Waals surface area contributed by atoms with E-state index >= 15 is 0 Å². The number of nitrogens with two attached hydrogens (primary N) is 1. The molecule has 0 aliphatic carbocycles. The molecule has 3 N–H and O–H groups in total. The lowest BCUT2D eigenvalue weighted by Gasteiger charge is -1.98. The van der Waals surface area contributed by atoms with Crippen molar-refractivity contribution in [2.45, 2.75) is 0 Å². The van der Waals surface area contributed by atoms with Crippen LogP contribution in [0.2, 0.25) is 0 Å². The second kappa shape index (κ2) is 3.88. The van der Waals surface area contributed by atoms with Gasteiger partial charge < -0.3 is 10.8 Å². The highest BCUT2D eigenvalue weighted by Gasteiger charge is 2.00. The number of hydrogen-bond acceptors (Lipinski definition) is 2. The Morgan fingerprint density at radius 2 is 2.25 bits per heavy atom. The van der Waals surface area contributed by atoms with Crippen LogP contribution in [0.3, 0.4) is 0 Å². The first kappa shape index (κ1) is 8.74. The molecule has 0 saturated heterocycles. The molecule has 0 bridgehead atoms. The van der Waals surface area contributed by atoms with E-state index in [9.17, 15) is 4.39 Å². The zero-order valence-corrected chi connectivity index (χ0v) is 6.50. The van der Waals surface area contributed by atoms with Crippen molar-refractivity contribution in [2.75, 3.05) is 12.3 Å². The zero-order valence-electron chi connectivity index (χ0n) is 6.50. The third kappa shape index (κ3) is 1.83. The maximum atomic E-state index is 13.1. The molecule has 0 radical (unpaired) electrons. The average Bonchev–Trinajstić information content (AvgIpc) is 2.08. The average molecular weight is 167 g/mol. The van der Waals surface area contributed by atoms with Crippen LogP contribution in [0.5, 0.6) is 0 Å². The number of benzene rings is 1. The van der Waals surface area contributed by atoms with Crippen LogP contribution in [0.1, 0.15) is 5.56 Å². The van der Waals surface area contributed by atoms with Crippen LogP contribution < -0.4 is 5.73 Å². The van der Waals surface area contributed by atoms with Crippen LogP contribution in [-0.2, 0) is 0 Å². The van der Waals surface area contributed by atoms with Crippen molar-refractivity contribution in [2.24, 2.45) is 0 Å². The molecular weight excluding hydrogens is 157 g/mol. The molecule has 1 rings (SSSR count). The molecule has 0 aliphatic heterocycles. The molecule has 0 heterocycles. The first-order valence-corrected chi connectivity index (χ1v) is 3.57. The predicted molar refractivity (Wildman–Crippen MR) is 46.9 cm³/mol. The standard InChI is InChI=1S/C9H10FNO/c10-9-7(4-2-6-12)3-1-5-8(9)11/h1-5,12H,6,11H2. The van der Waals surface area contributed by atoms with Crippen LogP contribution in [0.15, 0.2) is 24.3 Å². The van der Waals surface area contributed by atoms with Crippen molar-refractivity contribution in [3.63, 3.8) is 0 Å². The van der Waals surface area contributed by atoms with E-state index in [2.05, 4.69) is 0 Å². The molecule has 0 unspecified atom stereocenters. The lowest BCUT2D eigenvalue weighted by Crippen LogP contribution is -1.92. The van der Waals surface area contributed by atoms with Gasteiger partial charge in [-0.15, -0.1) is 0 Å². The molecule has 0 aromatic heterocycles. The number of aliphatic hydroxyl groups excluding tert-OH is 1. The Labute approximate surface area is 70.1 Å². The second-order valence-electron chi connectivity index (χ2n) is 2.34. The summed E-state index contributed by atoms with van der Waals surface area (Å²) in [4.78, 5) is 0. The van der Waals surface area contributed by atoms with Gasteiger partial charge in [-0.2, -0.15) is 0 Å². The third-order valence-electron chi connectivity index (χ3n) is 1.46. The molecule has 0 aliphatic rings. The number of hydrogen-bond donors (Lipinski definition) is 2. The lowest BCUT2D eigenvalue weighted by molar-refractivity contribution is 0.343. The summed E-state index contributed by atoms with van der Waals surface area (Å²) in [6.45, 7) is -0.103. The number of anilines is 1. The third-order valence-corrected chi connectivity index (χ3v) is 1.46. The Morgan fingerprint density at radius 1 is 1.50 bits per heavy atom. The second-order valence-corrected chi connectivity index (χ2v) is 2.34. The molecule has 0 saturated carbocycles. The molecule has 1 aromatic rings. The van der Waals surface area contributed by atoms with E-state index in [0.717, 1.165) is 0 Å². The summed E-state index contributed by atoms with van der Waals surface area (Å²) in [6.07, 6.45) is 2.95. The van der Waals surface area contributed by atoms with Gasteiger partial charge in [-0.05, 0) is 6.07 Å². The van der Waals surface area contributed by atoms with Gasteiger partial charge in [0.25, 0.3) is 0 Å². The minimum absolute atomic E-state index is 0.103. The van der Waals surface area contributed by atoms with Gasteiger partial charge in [0, 0.05) is 5.56 Å². The number of nitrogen functional groups attached to an aromatic ring is 1. The van der Waals surface area contributed by atoms with Crippen molar-refractivity contribution < 1.29 is 9.50 Å². The van der Waals surface area contributed by atoms with Gasteiger partial charge >= 0.3 is 0 Å². The number of rotatable bonds is 2. The molecule has 0 amide bonds. The van der Waals surface area contributed by atoms with Gasteiger partial charge in [0.05, 0.1) is 12.3 Å². The van der Waals surface area contributed by atoms with Gasteiger partial charge in [0.2, 0.25) is 0 Å². The zero-order chi connectivity index (χ0) is 8.97. The van der Waals surface area contributed by atoms with Crippen LogP contribution in [0.25, 0.3) is 6.08 Å². The van der Waals surface area contributed by atoms with E-state index in [4.69, 9.17) is 10.8 Å². The fourth-order valence-electron chi connectivity index (χ4n) is 0.877. The highest BCUT2D eigenvalue weighted by atomic mass is 19.1. The van der Waals surface area contributed by atoms with Crippen LogP contribution in [0, 0.1) is 5.82 Å². The smallest absolute Gasteiger partial charge is 0.153 e. The number of aliphatic hydroxyl groups is 1. The predicted octanol–water partition coefficient (Wildman–Crippen LogP) is 1.41.